The second-order valence-electron chi connectivity index (χ2n) is 10.6. The van der Waals surface area contributed by atoms with Gasteiger partial charge in [0.05, 0.1) is 17.2 Å². The molecule has 3 rings (SSSR count). The van der Waals surface area contributed by atoms with Crippen LogP contribution >= 0.6 is 11.6 Å². The number of anilines is 1. The number of nitrogens with one attached hydrogen (secondary N) is 1. The molecule has 0 fully saturated rings. The third-order valence-electron chi connectivity index (χ3n) is 6.20. The van der Waals surface area contributed by atoms with Crippen LogP contribution in [0.15, 0.2) is 83.8 Å². The molecule has 10 heteroatoms. The smallest absolute Gasteiger partial charge is 0.264 e. The Bertz CT molecular complexity index is 1410. The maximum atomic E-state index is 14.1. The van der Waals surface area contributed by atoms with Gasteiger partial charge in [-0.15, -0.1) is 0 Å². The van der Waals surface area contributed by atoms with Gasteiger partial charge in [-0.1, -0.05) is 48.9 Å². The molecule has 0 aromatic heterocycles. The molecule has 0 aliphatic rings. The summed E-state index contributed by atoms with van der Waals surface area (Å²) in [7, 11) is -4.19. The van der Waals surface area contributed by atoms with E-state index in [9.17, 15) is 18.0 Å². The minimum atomic E-state index is -4.19. The van der Waals surface area contributed by atoms with Gasteiger partial charge in [0.25, 0.3) is 10.0 Å². The van der Waals surface area contributed by atoms with E-state index >= 15 is 0 Å². The summed E-state index contributed by atoms with van der Waals surface area (Å²) in [6.45, 7) is 9.35. The quantitative estimate of drug-likeness (QED) is 0.290. The van der Waals surface area contributed by atoms with Gasteiger partial charge in [-0.05, 0) is 88.2 Å². The average molecular weight is 600 g/mol. The van der Waals surface area contributed by atoms with E-state index in [1.54, 1.807) is 24.3 Å². The SMILES string of the molecule is CCOc1ccc(N(CC(=O)N(Cc2ccccc2)[C@@H](CC)C(=O)NC(C)(C)C)S(=O)(=O)c2ccc(Cl)cc2)cc1. The molecule has 1 atom stereocenters. The molecule has 8 nitrogen and oxygen atoms in total. The van der Waals surface area contributed by atoms with Crippen LogP contribution in [0.3, 0.4) is 0 Å². The van der Waals surface area contributed by atoms with Crippen molar-refractivity contribution in [2.75, 3.05) is 17.5 Å². The fourth-order valence-electron chi connectivity index (χ4n) is 4.29. The monoisotopic (exact) mass is 599 g/mol. The molecule has 0 radical (unpaired) electrons. The highest BCUT2D eigenvalue weighted by molar-refractivity contribution is 7.92. The summed E-state index contributed by atoms with van der Waals surface area (Å²) >= 11 is 6.01. The van der Waals surface area contributed by atoms with Gasteiger partial charge in [-0.25, -0.2) is 8.42 Å². The molecule has 3 aromatic carbocycles. The van der Waals surface area contributed by atoms with Crippen molar-refractivity contribution in [2.45, 2.75) is 64.1 Å². The minimum Gasteiger partial charge on any atom is -0.494 e. The zero-order valence-corrected chi connectivity index (χ0v) is 25.7. The van der Waals surface area contributed by atoms with E-state index in [2.05, 4.69) is 5.32 Å². The molecule has 0 heterocycles. The first-order valence-electron chi connectivity index (χ1n) is 13.5. The maximum Gasteiger partial charge on any atom is 0.264 e. The summed E-state index contributed by atoms with van der Waals surface area (Å²) < 4.78 is 34.4. The number of halogens is 1. The lowest BCUT2D eigenvalue weighted by Crippen LogP contribution is -2.55. The largest absolute Gasteiger partial charge is 0.494 e. The van der Waals surface area contributed by atoms with Crippen molar-refractivity contribution >= 4 is 39.1 Å². The molecule has 0 spiro atoms. The topological polar surface area (TPSA) is 96.0 Å². The molecule has 0 unspecified atom stereocenters. The molecular formula is C31H38ClN3O5S. The lowest BCUT2D eigenvalue weighted by atomic mass is 10.1. The molecule has 1 N–H and O–H groups in total. The van der Waals surface area contributed by atoms with Gasteiger partial charge < -0.3 is 15.0 Å². The van der Waals surface area contributed by atoms with Crippen LogP contribution in [0.1, 0.15) is 46.6 Å². The summed E-state index contributed by atoms with van der Waals surface area (Å²) in [5, 5.41) is 3.35. The number of nitrogens with zero attached hydrogens (tertiary/aromatic N) is 2. The van der Waals surface area contributed by atoms with Gasteiger partial charge >= 0.3 is 0 Å². The van der Waals surface area contributed by atoms with Crippen molar-refractivity contribution in [1.82, 2.24) is 10.2 Å². The number of carbonyl (C=O) groups is 2. The Morgan fingerprint density at radius 1 is 0.927 bits per heavy atom. The van der Waals surface area contributed by atoms with E-state index in [1.165, 1.54) is 29.2 Å². The van der Waals surface area contributed by atoms with Crippen molar-refractivity contribution < 1.29 is 22.7 Å². The van der Waals surface area contributed by atoms with E-state index in [1.807, 2.05) is 65.0 Å². The van der Waals surface area contributed by atoms with Crippen molar-refractivity contribution in [3.05, 3.63) is 89.4 Å². The van der Waals surface area contributed by atoms with Crippen molar-refractivity contribution in [2.24, 2.45) is 0 Å². The van der Waals surface area contributed by atoms with Gasteiger partial charge in [0.1, 0.15) is 18.3 Å². The summed E-state index contributed by atoms with van der Waals surface area (Å²) in [5.74, 6) is -0.254. The van der Waals surface area contributed by atoms with Gasteiger partial charge in [-0.2, -0.15) is 0 Å². The van der Waals surface area contributed by atoms with Gasteiger partial charge in [0.2, 0.25) is 11.8 Å². The van der Waals surface area contributed by atoms with E-state index in [-0.39, 0.29) is 23.0 Å². The van der Waals surface area contributed by atoms with Crippen LogP contribution in [0.4, 0.5) is 5.69 Å². The lowest BCUT2D eigenvalue weighted by molar-refractivity contribution is -0.141. The number of ether oxygens (including phenoxy) is 1. The average Bonchev–Trinajstić information content (AvgIpc) is 2.92. The normalized spacial score (nSPS) is 12.3. The Labute approximate surface area is 248 Å². The summed E-state index contributed by atoms with van der Waals surface area (Å²) in [6, 6.07) is 20.7. The van der Waals surface area contributed by atoms with Crippen LogP contribution < -0.4 is 14.4 Å². The molecule has 0 aliphatic heterocycles. The number of hydrogen-bond acceptors (Lipinski definition) is 5. The number of hydrogen-bond donors (Lipinski definition) is 1. The second-order valence-corrected chi connectivity index (χ2v) is 12.9. The molecule has 41 heavy (non-hydrogen) atoms. The number of carbonyl (C=O) groups excluding carboxylic acids is 2. The zero-order chi connectivity index (χ0) is 30.2. The van der Waals surface area contributed by atoms with Crippen molar-refractivity contribution in [1.29, 1.82) is 0 Å². The lowest BCUT2D eigenvalue weighted by Gasteiger charge is -2.34. The Hall–Kier alpha value is -3.56. The highest BCUT2D eigenvalue weighted by Crippen LogP contribution is 2.27. The Kier molecular flexibility index (Phi) is 10.8. The standard InChI is InChI=1S/C31H38ClN3O5S/c1-6-28(30(37)33-31(3,4)5)34(21-23-11-9-8-10-12-23)29(36)22-35(25-15-17-26(18-16-25)40-7-2)41(38,39)27-19-13-24(32)14-20-27/h8-20,28H,6-7,21-22H2,1-5H3,(H,33,37)/t28-/m0/s1. The second kappa shape index (κ2) is 13.9. The first kappa shape index (κ1) is 32.0. The fraction of sp³-hybridized carbons (Fsp3) is 0.355. The predicted molar refractivity (Wildman–Crippen MR) is 163 cm³/mol. The molecule has 0 bridgehead atoms. The predicted octanol–water partition coefficient (Wildman–Crippen LogP) is 5.66. The van der Waals surface area contributed by atoms with Crippen molar-refractivity contribution in [3.8, 4) is 5.75 Å². The zero-order valence-electron chi connectivity index (χ0n) is 24.1. The van der Waals surface area contributed by atoms with Crippen LogP contribution in [0.2, 0.25) is 5.02 Å². The van der Waals surface area contributed by atoms with E-state index in [0.29, 0.717) is 23.8 Å². The van der Waals surface area contributed by atoms with Gasteiger partial charge in [0, 0.05) is 17.1 Å². The van der Waals surface area contributed by atoms with Crippen molar-refractivity contribution in [3.63, 3.8) is 0 Å². The summed E-state index contributed by atoms with van der Waals surface area (Å²) in [6.07, 6.45) is 0.341. The molecule has 220 valence electrons. The summed E-state index contributed by atoms with van der Waals surface area (Å²) in [4.78, 5) is 28.9. The number of rotatable bonds is 12. The maximum absolute atomic E-state index is 14.1. The van der Waals surface area contributed by atoms with Gasteiger partial charge in [0.15, 0.2) is 0 Å². The Morgan fingerprint density at radius 3 is 2.07 bits per heavy atom. The first-order valence-corrected chi connectivity index (χ1v) is 15.3. The molecule has 3 aromatic rings. The highest BCUT2D eigenvalue weighted by atomic mass is 35.5. The third-order valence-corrected chi connectivity index (χ3v) is 8.24. The minimum absolute atomic E-state index is 0.0179. The Balaban J connectivity index is 2.06. The molecule has 0 saturated carbocycles. The van der Waals surface area contributed by atoms with Crippen LogP contribution in [0.25, 0.3) is 0 Å². The van der Waals surface area contributed by atoms with E-state index in [4.69, 9.17) is 16.3 Å². The third kappa shape index (κ3) is 8.71. The number of amides is 2. The molecular weight excluding hydrogens is 562 g/mol. The Morgan fingerprint density at radius 2 is 1.54 bits per heavy atom. The highest BCUT2D eigenvalue weighted by Gasteiger charge is 2.34. The molecule has 0 saturated heterocycles. The molecule has 0 aliphatic carbocycles. The van der Waals surface area contributed by atoms with Crippen LogP contribution in [-0.4, -0.2) is 49.9 Å². The number of sulfonamides is 1. The van der Waals surface area contributed by atoms with Crippen LogP contribution in [-0.2, 0) is 26.2 Å². The van der Waals surface area contributed by atoms with Crippen LogP contribution in [0, 0.1) is 0 Å². The molecule has 2 amide bonds. The number of benzene rings is 3. The van der Waals surface area contributed by atoms with E-state index in [0.717, 1.165) is 9.87 Å². The van der Waals surface area contributed by atoms with E-state index < -0.39 is 34.1 Å². The summed E-state index contributed by atoms with van der Waals surface area (Å²) in [5.41, 5.74) is 0.581. The van der Waals surface area contributed by atoms with Gasteiger partial charge in [-0.3, -0.25) is 13.9 Å². The fourth-order valence-corrected chi connectivity index (χ4v) is 5.83. The van der Waals surface area contributed by atoms with Crippen LogP contribution in [0.5, 0.6) is 5.75 Å². The first-order chi connectivity index (χ1) is 19.4.